The lowest BCUT2D eigenvalue weighted by Gasteiger charge is -2.08. The highest BCUT2D eigenvalue weighted by molar-refractivity contribution is 7.71. The molecular weight excluding hydrogens is 190 g/mol. The molecule has 0 N–H and O–H groups in total. The number of nitrogens with zero attached hydrogens (tertiary/aromatic N) is 1. The van der Waals surface area contributed by atoms with Gasteiger partial charge in [-0.2, -0.15) is 0 Å². The van der Waals surface area contributed by atoms with Crippen LogP contribution in [0.25, 0.3) is 10.9 Å². The molecule has 0 saturated carbocycles. The molecule has 0 aliphatic rings. The normalized spacial score (nSPS) is 10.7. The number of aromatic nitrogens is 1. The van der Waals surface area contributed by atoms with Crippen LogP contribution in [0.15, 0.2) is 30.3 Å². The Morgan fingerprint density at radius 2 is 2.00 bits per heavy atom. The Morgan fingerprint density at radius 3 is 2.71 bits per heavy atom. The lowest BCUT2D eigenvalue weighted by Crippen LogP contribution is -1.98. The SMILES string of the molecule is CCn1c(=S)ccc2cc(C)ccc21. The second-order valence-corrected chi connectivity index (χ2v) is 3.90. The van der Waals surface area contributed by atoms with E-state index in [1.807, 2.05) is 6.07 Å². The van der Waals surface area contributed by atoms with Gasteiger partial charge in [0.15, 0.2) is 0 Å². The molecule has 0 radical (unpaired) electrons. The number of benzene rings is 1. The minimum absolute atomic E-state index is 0.906. The van der Waals surface area contributed by atoms with Gasteiger partial charge in [-0.15, -0.1) is 0 Å². The highest BCUT2D eigenvalue weighted by atomic mass is 32.1. The Bertz CT molecular complexity index is 525. The summed E-state index contributed by atoms with van der Waals surface area (Å²) in [6.07, 6.45) is 0. The molecule has 0 amide bonds. The minimum Gasteiger partial charge on any atom is -0.332 e. The van der Waals surface area contributed by atoms with Crippen LogP contribution in [-0.4, -0.2) is 4.57 Å². The fourth-order valence-electron chi connectivity index (χ4n) is 1.75. The van der Waals surface area contributed by atoms with Crippen molar-refractivity contribution in [3.63, 3.8) is 0 Å². The Hall–Kier alpha value is -1.15. The van der Waals surface area contributed by atoms with Crippen LogP contribution in [0.5, 0.6) is 0 Å². The van der Waals surface area contributed by atoms with Gasteiger partial charge in [-0.05, 0) is 43.5 Å². The first-order valence-corrected chi connectivity index (χ1v) is 5.23. The monoisotopic (exact) mass is 203 g/mol. The summed E-state index contributed by atoms with van der Waals surface area (Å²) in [7, 11) is 0. The van der Waals surface area contributed by atoms with Crippen LogP contribution in [0, 0.1) is 11.6 Å². The third-order valence-electron chi connectivity index (χ3n) is 2.46. The largest absolute Gasteiger partial charge is 0.332 e. The molecule has 72 valence electrons. The predicted molar refractivity (Wildman–Crippen MR) is 63.2 cm³/mol. The van der Waals surface area contributed by atoms with E-state index in [2.05, 4.69) is 42.7 Å². The van der Waals surface area contributed by atoms with Crippen LogP contribution in [0.1, 0.15) is 12.5 Å². The topological polar surface area (TPSA) is 4.93 Å². The van der Waals surface area contributed by atoms with Crippen molar-refractivity contribution in [3.05, 3.63) is 40.5 Å². The van der Waals surface area contributed by atoms with Crippen molar-refractivity contribution in [2.75, 3.05) is 0 Å². The number of pyridine rings is 1. The zero-order valence-corrected chi connectivity index (χ0v) is 9.27. The van der Waals surface area contributed by atoms with Gasteiger partial charge in [-0.1, -0.05) is 23.8 Å². The molecule has 14 heavy (non-hydrogen) atoms. The van der Waals surface area contributed by atoms with E-state index in [-0.39, 0.29) is 0 Å². The van der Waals surface area contributed by atoms with Crippen molar-refractivity contribution in [3.8, 4) is 0 Å². The molecule has 0 aliphatic carbocycles. The van der Waals surface area contributed by atoms with Crippen molar-refractivity contribution in [2.24, 2.45) is 0 Å². The standard InChI is InChI=1S/C12H13NS/c1-3-13-11-6-4-9(2)8-10(11)5-7-12(13)14/h4-8H,3H2,1-2H3. The van der Waals surface area contributed by atoms with E-state index in [1.165, 1.54) is 16.5 Å². The third kappa shape index (κ3) is 1.46. The van der Waals surface area contributed by atoms with Crippen LogP contribution in [0.2, 0.25) is 0 Å². The number of hydrogen-bond donors (Lipinski definition) is 0. The van der Waals surface area contributed by atoms with Crippen molar-refractivity contribution in [1.29, 1.82) is 0 Å². The average molecular weight is 203 g/mol. The van der Waals surface area contributed by atoms with Gasteiger partial charge in [0.05, 0.1) is 0 Å². The quantitative estimate of drug-likeness (QED) is 0.640. The molecule has 0 unspecified atom stereocenters. The zero-order chi connectivity index (χ0) is 10.1. The van der Waals surface area contributed by atoms with E-state index >= 15 is 0 Å². The summed E-state index contributed by atoms with van der Waals surface area (Å²) >= 11 is 5.27. The van der Waals surface area contributed by atoms with Crippen LogP contribution in [0.3, 0.4) is 0 Å². The fourth-order valence-corrected chi connectivity index (χ4v) is 2.04. The molecule has 2 rings (SSSR count). The maximum absolute atomic E-state index is 5.27. The number of fused-ring (bicyclic) bond motifs is 1. The first-order chi connectivity index (χ1) is 6.72. The van der Waals surface area contributed by atoms with Gasteiger partial charge in [0.25, 0.3) is 0 Å². The summed E-state index contributed by atoms with van der Waals surface area (Å²) < 4.78 is 3.06. The Kier molecular flexibility index (Phi) is 2.38. The molecule has 0 atom stereocenters. The Morgan fingerprint density at radius 1 is 1.21 bits per heavy atom. The first-order valence-electron chi connectivity index (χ1n) is 4.82. The van der Waals surface area contributed by atoms with Gasteiger partial charge < -0.3 is 4.57 Å². The minimum atomic E-state index is 0.906. The van der Waals surface area contributed by atoms with Gasteiger partial charge in [0.1, 0.15) is 4.64 Å². The van der Waals surface area contributed by atoms with E-state index in [1.54, 1.807) is 0 Å². The number of aryl methyl sites for hydroxylation is 2. The lowest BCUT2D eigenvalue weighted by atomic mass is 10.1. The van der Waals surface area contributed by atoms with Gasteiger partial charge >= 0.3 is 0 Å². The van der Waals surface area contributed by atoms with E-state index in [0.29, 0.717) is 0 Å². The molecule has 0 fully saturated rings. The molecule has 1 nitrogen and oxygen atoms in total. The summed E-state index contributed by atoms with van der Waals surface area (Å²) in [5.74, 6) is 0. The molecule has 0 bridgehead atoms. The molecule has 2 aromatic rings. The van der Waals surface area contributed by atoms with Crippen molar-refractivity contribution >= 4 is 23.1 Å². The predicted octanol–water partition coefficient (Wildman–Crippen LogP) is 3.70. The van der Waals surface area contributed by atoms with E-state index in [9.17, 15) is 0 Å². The van der Waals surface area contributed by atoms with Crippen LogP contribution < -0.4 is 0 Å². The average Bonchev–Trinajstić information content (AvgIpc) is 2.18. The van der Waals surface area contributed by atoms with Gasteiger partial charge in [-0.3, -0.25) is 0 Å². The van der Waals surface area contributed by atoms with Crippen molar-refractivity contribution in [2.45, 2.75) is 20.4 Å². The third-order valence-corrected chi connectivity index (χ3v) is 2.82. The van der Waals surface area contributed by atoms with Gasteiger partial charge in [0.2, 0.25) is 0 Å². The second kappa shape index (κ2) is 3.54. The maximum atomic E-state index is 5.27. The Balaban J connectivity index is 2.89. The number of hydrogen-bond acceptors (Lipinski definition) is 1. The summed E-state index contributed by atoms with van der Waals surface area (Å²) in [6, 6.07) is 10.6. The van der Waals surface area contributed by atoms with Crippen LogP contribution in [0.4, 0.5) is 0 Å². The van der Waals surface area contributed by atoms with Crippen LogP contribution >= 0.6 is 12.2 Å². The second-order valence-electron chi connectivity index (χ2n) is 3.48. The Labute approximate surface area is 89.0 Å². The summed E-state index contributed by atoms with van der Waals surface area (Å²) in [4.78, 5) is 0. The molecule has 0 aliphatic heterocycles. The van der Waals surface area contributed by atoms with E-state index in [4.69, 9.17) is 12.2 Å². The fraction of sp³-hybridized carbons (Fsp3) is 0.250. The van der Waals surface area contributed by atoms with Gasteiger partial charge in [0, 0.05) is 12.1 Å². The van der Waals surface area contributed by atoms with Crippen molar-refractivity contribution < 1.29 is 0 Å². The molecule has 0 spiro atoms. The molecular formula is C12H13NS. The molecule has 1 heterocycles. The summed E-state index contributed by atoms with van der Waals surface area (Å²) in [5, 5.41) is 1.26. The van der Waals surface area contributed by atoms with Crippen molar-refractivity contribution in [1.82, 2.24) is 4.57 Å². The lowest BCUT2D eigenvalue weighted by molar-refractivity contribution is 0.778. The van der Waals surface area contributed by atoms with E-state index in [0.717, 1.165) is 11.2 Å². The zero-order valence-electron chi connectivity index (χ0n) is 8.45. The smallest absolute Gasteiger partial charge is 0.106 e. The summed E-state index contributed by atoms with van der Waals surface area (Å²) in [5.41, 5.74) is 2.52. The number of rotatable bonds is 1. The molecule has 2 heteroatoms. The molecule has 1 aromatic heterocycles. The molecule has 1 aromatic carbocycles. The van der Waals surface area contributed by atoms with E-state index < -0.39 is 0 Å². The summed E-state index contributed by atoms with van der Waals surface area (Å²) in [6.45, 7) is 5.16. The van der Waals surface area contributed by atoms with Gasteiger partial charge in [-0.25, -0.2) is 0 Å². The highest BCUT2D eigenvalue weighted by Gasteiger charge is 1.98. The molecule has 0 saturated heterocycles. The maximum Gasteiger partial charge on any atom is 0.106 e. The highest BCUT2D eigenvalue weighted by Crippen LogP contribution is 2.16. The van der Waals surface area contributed by atoms with Crippen LogP contribution in [-0.2, 0) is 6.54 Å². The first kappa shape index (κ1) is 9.41.